The number of rotatable bonds is 2. The average molecular weight is 213 g/mol. The van der Waals surface area contributed by atoms with Gasteiger partial charge in [0.05, 0.1) is 0 Å². The van der Waals surface area contributed by atoms with E-state index in [1.54, 1.807) is 12.1 Å². The van der Waals surface area contributed by atoms with Crippen molar-refractivity contribution in [3.63, 3.8) is 0 Å². The van der Waals surface area contributed by atoms with Gasteiger partial charge < -0.3 is 10.8 Å². The third kappa shape index (κ3) is 2.16. The van der Waals surface area contributed by atoms with E-state index in [2.05, 4.69) is 6.92 Å². The fraction of sp³-hybridized carbons (Fsp3) is 0.143. The number of hydrogen-bond acceptors (Lipinski definition) is 2. The molecule has 2 nitrogen and oxygen atoms in total. The summed E-state index contributed by atoms with van der Waals surface area (Å²) in [6.45, 7) is 2.14. The summed E-state index contributed by atoms with van der Waals surface area (Å²) in [6, 6.07) is 15.2. The molecule has 16 heavy (non-hydrogen) atoms. The van der Waals surface area contributed by atoms with Crippen molar-refractivity contribution in [1.82, 2.24) is 0 Å². The number of nitrogen functional groups attached to an aromatic ring is 1. The quantitative estimate of drug-likeness (QED) is 0.753. The fourth-order valence-electron chi connectivity index (χ4n) is 1.74. The van der Waals surface area contributed by atoms with Crippen LogP contribution in [-0.4, -0.2) is 5.11 Å². The lowest BCUT2D eigenvalue weighted by molar-refractivity contribution is 0.475. The molecule has 1 atom stereocenters. The molecule has 0 heterocycles. The highest BCUT2D eigenvalue weighted by Gasteiger charge is 2.07. The zero-order chi connectivity index (χ0) is 11.5. The van der Waals surface area contributed by atoms with E-state index in [1.165, 1.54) is 11.1 Å². The first-order valence-electron chi connectivity index (χ1n) is 5.31. The van der Waals surface area contributed by atoms with Crippen molar-refractivity contribution in [3.05, 3.63) is 59.7 Å². The van der Waals surface area contributed by atoms with Gasteiger partial charge in [-0.15, -0.1) is 0 Å². The lowest BCUT2D eigenvalue weighted by Gasteiger charge is -2.12. The third-order valence-electron chi connectivity index (χ3n) is 2.83. The molecule has 0 radical (unpaired) electrons. The van der Waals surface area contributed by atoms with Crippen molar-refractivity contribution in [2.75, 3.05) is 5.73 Å². The maximum Gasteiger partial charge on any atom is 0.115 e. The van der Waals surface area contributed by atoms with Gasteiger partial charge in [0.2, 0.25) is 0 Å². The molecule has 2 heteroatoms. The summed E-state index contributed by atoms with van der Waals surface area (Å²) in [6.07, 6.45) is 0. The minimum absolute atomic E-state index is 0.299. The number of aromatic hydroxyl groups is 1. The van der Waals surface area contributed by atoms with E-state index in [0.717, 1.165) is 5.69 Å². The molecule has 0 amide bonds. The molecule has 82 valence electrons. The van der Waals surface area contributed by atoms with Gasteiger partial charge in [-0.3, -0.25) is 0 Å². The number of anilines is 1. The van der Waals surface area contributed by atoms with E-state index < -0.39 is 0 Å². The Labute approximate surface area is 95.4 Å². The molecule has 2 aromatic carbocycles. The molecule has 0 aliphatic heterocycles. The molecule has 0 fully saturated rings. The Hall–Kier alpha value is -1.96. The number of hydrogen-bond donors (Lipinski definition) is 2. The second kappa shape index (κ2) is 4.27. The molecule has 0 saturated heterocycles. The van der Waals surface area contributed by atoms with Crippen LogP contribution < -0.4 is 5.73 Å². The van der Waals surface area contributed by atoms with Crippen LogP contribution in [0.4, 0.5) is 5.69 Å². The summed E-state index contributed by atoms with van der Waals surface area (Å²) in [7, 11) is 0. The summed E-state index contributed by atoms with van der Waals surface area (Å²) in [5, 5.41) is 9.23. The van der Waals surface area contributed by atoms with Gasteiger partial charge in [0.15, 0.2) is 0 Å². The average Bonchev–Trinajstić information content (AvgIpc) is 2.30. The zero-order valence-corrected chi connectivity index (χ0v) is 9.22. The van der Waals surface area contributed by atoms with Crippen LogP contribution in [0.15, 0.2) is 48.5 Å². The third-order valence-corrected chi connectivity index (χ3v) is 2.83. The van der Waals surface area contributed by atoms with E-state index in [0.29, 0.717) is 11.7 Å². The molecule has 0 aliphatic rings. The second-order valence-electron chi connectivity index (χ2n) is 3.98. The molecule has 0 aromatic heterocycles. The van der Waals surface area contributed by atoms with E-state index in [4.69, 9.17) is 5.73 Å². The Morgan fingerprint density at radius 2 is 1.31 bits per heavy atom. The predicted octanol–water partition coefficient (Wildman–Crippen LogP) is 3.13. The van der Waals surface area contributed by atoms with Crippen molar-refractivity contribution in [1.29, 1.82) is 0 Å². The van der Waals surface area contributed by atoms with Gasteiger partial charge in [-0.1, -0.05) is 31.2 Å². The van der Waals surface area contributed by atoms with E-state index >= 15 is 0 Å². The topological polar surface area (TPSA) is 46.2 Å². The minimum atomic E-state index is 0.299. The van der Waals surface area contributed by atoms with E-state index in [9.17, 15) is 5.11 Å². The fourth-order valence-corrected chi connectivity index (χ4v) is 1.74. The maximum absolute atomic E-state index is 9.23. The van der Waals surface area contributed by atoms with Gasteiger partial charge in [0.25, 0.3) is 0 Å². The first kappa shape index (κ1) is 10.6. The normalized spacial score (nSPS) is 12.3. The SMILES string of the molecule is CC(c1ccc(N)cc1)c1ccc(O)cc1. The van der Waals surface area contributed by atoms with Crippen LogP contribution >= 0.6 is 0 Å². The maximum atomic E-state index is 9.23. The molecule has 3 N–H and O–H groups in total. The number of phenols is 1. The summed E-state index contributed by atoms with van der Waals surface area (Å²) in [5.74, 6) is 0.606. The highest BCUT2D eigenvalue weighted by molar-refractivity contribution is 5.42. The van der Waals surface area contributed by atoms with Gasteiger partial charge in [-0.05, 0) is 35.4 Å². The summed E-state index contributed by atoms with van der Waals surface area (Å²) in [4.78, 5) is 0. The largest absolute Gasteiger partial charge is 0.508 e. The Morgan fingerprint density at radius 1 is 0.875 bits per heavy atom. The number of benzene rings is 2. The van der Waals surface area contributed by atoms with Crippen LogP contribution in [0.1, 0.15) is 24.0 Å². The van der Waals surface area contributed by atoms with Crippen molar-refractivity contribution in [2.24, 2.45) is 0 Å². The molecule has 1 unspecified atom stereocenters. The monoisotopic (exact) mass is 213 g/mol. The lowest BCUT2D eigenvalue weighted by atomic mass is 9.93. The van der Waals surface area contributed by atoms with Gasteiger partial charge in [-0.2, -0.15) is 0 Å². The van der Waals surface area contributed by atoms with Gasteiger partial charge in [0.1, 0.15) is 5.75 Å². The molecule has 0 saturated carbocycles. The Kier molecular flexibility index (Phi) is 2.82. The summed E-state index contributed by atoms with van der Waals surface area (Å²) >= 11 is 0. The molecule has 0 spiro atoms. The van der Waals surface area contributed by atoms with Crippen LogP contribution in [-0.2, 0) is 0 Å². The molecular weight excluding hydrogens is 198 g/mol. The molecule has 2 aromatic rings. The van der Waals surface area contributed by atoms with Crippen molar-refractivity contribution < 1.29 is 5.11 Å². The summed E-state index contributed by atoms with van der Waals surface area (Å²) in [5.41, 5.74) is 8.84. The zero-order valence-electron chi connectivity index (χ0n) is 9.22. The first-order chi connectivity index (χ1) is 7.66. The predicted molar refractivity (Wildman–Crippen MR) is 66.5 cm³/mol. The van der Waals surface area contributed by atoms with Crippen molar-refractivity contribution >= 4 is 5.69 Å². The van der Waals surface area contributed by atoms with Crippen molar-refractivity contribution in [3.8, 4) is 5.75 Å². The van der Waals surface area contributed by atoms with Gasteiger partial charge >= 0.3 is 0 Å². The highest BCUT2D eigenvalue weighted by atomic mass is 16.3. The van der Waals surface area contributed by atoms with Crippen LogP contribution in [0.3, 0.4) is 0 Å². The molecule has 0 bridgehead atoms. The molecular formula is C14H15NO. The van der Waals surface area contributed by atoms with E-state index in [-0.39, 0.29) is 0 Å². The van der Waals surface area contributed by atoms with Gasteiger partial charge in [-0.25, -0.2) is 0 Å². The van der Waals surface area contributed by atoms with Crippen LogP contribution in [0.5, 0.6) is 5.75 Å². The first-order valence-corrected chi connectivity index (χ1v) is 5.31. The molecule has 2 rings (SSSR count). The number of phenolic OH excluding ortho intramolecular Hbond substituents is 1. The highest BCUT2D eigenvalue weighted by Crippen LogP contribution is 2.25. The smallest absolute Gasteiger partial charge is 0.115 e. The Morgan fingerprint density at radius 3 is 1.81 bits per heavy atom. The minimum Gasteiger partial charge on any atom is -0.508 e. The second-order valence-corrected chi connectivity index (χ2v) is 3.98. The van der Waals surface area contributed by atoms with Crippen LogP contribution in [0, 0.1) is 0 Å². The van der Waals surface area contributed by atoms with Crippen LogP contribution in [0.2, 0.25) is 0 Å². The standard InChI is InChI=1S/C14H15NO/c1-10(11-2-6-13(15)7-3-11)12-4-8-14(16)9-5-12/h2-10,16H,15H2,1H3. The molecule has 0 aliphatic carbocycles. The Balaban J connectivity index is 2.28. The number of nitrogens with two attached hydrogens (primary N) is 1. The lowest BCUT2D eigenvalue weighted by Crippen LogP contribution is -1.96. The van der Waals surface area contributed by atoms with Gasteiger partial charge in [0, 0.05) is 11.6 Å². The summed E-state index contributed by atoms with van der Waals surface area (Å²) < 4.78 is 0. The van der Waals surface area contributed by atoms with E-state index in [1.807, 2.05) is 36.4 Å². The Bertz CT molecular complexity index is 414. The van der Waals surface area contributed by atoms with Crippen LogP contribution in [0.25, 0.3) is 0 Å². The van der Waals surface area contributed by atoms with Crippen molar-refractivity contribution in [2.45, 2.75) is 12.8 Å².